The topological polar surface area (TPSA) is 66.4 Å². The van der Waals surface area contributed by atoms with Gasteiger partial charge in [-0.25, -0.2) is 0 Å². The monoisotopic (exact) mass is 265 g/mol. The predicted molar refractivity (Wildman–Crippen MR) is 71.8 cm³/mol. The molecule has 0 saturated carbocycles. The summed E-state index contributed by atoms with van der Waals surface area (Å²) in [7, 11) is 0. The Morgan fingerprint density at radius 2 is 2.17 bits per heavy atom. The summed E-state index contributed by atoms with van der Waals surface area (Å²) in [5.41, 5.74) is 1.26. The van der Waals surface area contributed by atoms with Crippen molar-refractivity contribution in [2.24, 2.45) is 5.92 Å². The summed E-state index contributed by atoms with van der Waals surface area (Å²) in [5.74, 6) is 1.03. The summed E-state index contributed by atoms with van der Waals surface area (Å²) in [4.78, 5) is 22.7. The molecule has 0 aromatic heterocycles. The minimum atomic E-state index is -0.895. The van der Waals surface area contributed by atoms with E-state index in [-0.39, 0.29) is 18.2 Å². The highest BCUT2D eigenvalue weighted by Crippen LogP contribution is 2.25. The van der Waals surface area contributed by atoms with Crippen LogP contribution < -0.4 is 5.32 Å². The number of carbonyl (C=O) groups is 2. The number of carboxylic acid groups (broad SMARTS) is 1. The van der Waals surface area contributed by atoms with Crippen molar-refractivity contribution in [2.75, 3.05) is 16.8 Å². The fraction of sp³-hybridized carbons (Fsp3) is 0.385. The molecule has 1 aliphatic rings. The van der Waals surface area contributed by atoms with Crippen LogP contribution in [0.2, 0.25) is 0 Å². The van der Waals surface area contributed by atoms with Crippen molar-refractivity contribution in [1.82, 2.24) is 0 Å². The third kappa shape index (κ3) is 3.26. The Morgan fingerprint density at radius 3 is 2.83 bits per heavy atom. The number of amides is 1. The van der Waals surface area contributed by atoms with Crippen LogP contribution in [0.15, 0.2) is 24.3 Å². The van der Waals surface area contributed by atoms with Gasteiger partial charge >= 0.3 is 5.97 Å². The first-order chi connectivity index (χ1) is 8.66. The smallest absolute Gasteiger partial charge is 0.307 e. The molecular weight excluding hydrogens is 250 g/mol. The lowest BCUT2D eigenvalue weighted by Gasteiger charge is -2.12. The molecule has 1 atom stereocenters. The maximum absolute atomic E-state index is 12.0. The van der Waals surface area contributed by atoms with Crippen molar-refractivity contribution in [3.63, 3.8) is 0 Å². The first-order valence-electron chi connectivity index (χ1n) is 5.85. The highest BCUT2D eigenvalue weighted by Gasteiger charge is 2.23. The van der Waals surface area contributed by atoms with Gasteiger partial charge in [0.05, 0.1) is 6.42 Å². The van der Waals surface area contributed by atoms with Gasteiger partial charge in [0, 0.05) is 17.4 Å². The lowest BCUT2D eigenvalue weighted by Crippen LogP contribution is -2.23. The quantitative estimate of drug-likeness (QED) is 0.874. The SMILES string of the molecule is O=C(O)Cc1ccccc1NC(=O)C1CCSC1. The van der Waals surface area contributed by atoms with Crippen LogP contribution in [-0.2, 0) is 16.0 Å². The maximum atomic E-state index is 12.0. The molecule has 4 nitrogen and oxygen atoms in total. The Balaban J connectivity index is 2.07. The molecule has 0 aliphatic carbocycles. The normalized spacial score (nSPS) is 18.6. The van der Waals surface area contributed by atoms with Gasteiger partial charge in [-0.1, -0.05) is 18.2 Å². The van der Waals surface area contributed by atoms with E-state index in [1.807, 2.05) is 0 Å². The number of thioether (sulfide) groups is 1. The third-order valence-corrected chi connectivity index (χ3v) is 4.08. The summed E-state index contributed by atoms with van der Waals surface area (Å²) >= 11 is 1.78. The molecule has 0 spiro atoms. The fourth-order valence-electron chi connectivity index (χ4n) is 1.94. The molecule has 96 valence electrons. The van der Waals surface area contributed by atoms with Gasteiger partial charge in [0.25, 0.3) is 0 Å². The van der Waals surface area contributed by atoms with E-state index in [0.29, 0.717) is 11.3 Å². The zero-order chi connectivity index (χ0) is 13.0. The second-order valence-corrected chi connectivity index (χ2v) is 5.43. The van der Waals surface area contributed by atoms with Crippen LogP contribution in [0.4, 0.5) is 5.69 Å². The molecule has 1 fully saturated rings. The van der Waals surface area contributed by atoms with Crippen LogP contribution in [0.25, 0.3) is 0 Å². The van der Waals surface area contributed by atoms with Gasteiger partial charge in [-0.15, -0.1) is 0 Å². The highest BCUT2D eigenvalue weighted by atomic mass is 32.2. The van der Waals surface area contributed by atoms with Crippen LogP contribution in [-0.4, -0.2) is 28.5 Å². The fourth-order valence-corrected chi connectivity index (χ4v) is 3.16. The summed E-state index contributed by atoms with van der Waals surface area (Å²) < 4.78 is 0. The van der Waals surface area contributed by atoms with E-state index in [9.17, 15) is 9.59 Å². The van der Waals surface area contributed by atoms with E-state index >= 15 is 0 Å². The number of aliphatic carboxylic acids is 1. The van der Waals surface area contributed by atoms with Gasteiger partial charge in [-0.2, -0.15) is 11.8 Å². The number of carbonyl (C=O) groups excluding carboxylic acids is 1. The number of benzene rings is 1. The Hall–Kier alpha value is -1.49. The molecule has 2 rings (SSSR count). The van der Waals surface area contributed by atoms with Crippen molar-refractivity contribution in [3.8, 4) is 0 Å². The third-order valence-electron chi connectivity index (χ3n) is 2.92. The summed E-state index contributed by atoms with van der Waals surface area (Å²) in [6.07, 6.45) is 0.827. The van der Waals surface area contributed by atoms with Crippen LogP contribution in [0.1, 0.15) is 12.0 Å². The zero-order valence-electron chi connectivity index (χ0n) is 9.89. The standard InChI is InChI=1S/C13H15NO3S/c15-12(16)7-9-3-1-2-4-11(9)14-13(17)10-5-6-18-8-10/h1-4,10H,5-8H2,(H,14,17)(H,15,16). The second kappa shape index (κ2) is 5.91. The minimum absolute atomic E-state index is 0.00200. The van der Waals surface area contributed by atoms with Crippen LogP contribution in [0, 0.1) is 5.92 Å². The maximum Gasteiger partial charge on any atom is 0.307 e. The van der Waals surface area contributed by atoms with E-state index in [4.69, 9.17) is 5.11 Å². The molecule has 2 N–H and O–H groups in total. The Labute approximate surface area is 110 Å². The second-order valence-electron chi connectivity index (χ2n) is 4.28. The molecule has 1 unspecified atom stereocenters. The van der Waals surface area contributed by atoms with Crippen molar-refractivity contribution in [1.29, 1.82) is 0 Å². The largest absolute Gasteiger partial charge is 0.481 e. The summed E-state index contributed by atoms with van der Waals surface area (Å²) in [6, 6.07) is 7.05. The zero-order valence-corrected chi connectivity index (χ0v) is 10.7. The molecule has 1 aromatic rings. The molecule has 1 heterocycles. The molecular formula is C13H15NO3S. The molecule has 1 aliphatic heterocycles. The predicted octanol–water partition coefficient (Wildman–Crippen LogP) is 2.01. The average molecular weight is 265 g/mol. The average Bonchev–Trinajstić information content (AvgIpc) is 2.84. The number of rotatable bonds is 4. The molecule has 1 saturated heterocycles. The molecule has 18 heavy (non-hydrogen) atoms. The molecule has 5 heteroatoms. The molecule has 1 amide bonds. The lowest BCUT2D eigenvalue weighted by molar-refractivity contribution is -0.136. The Bertz CT molecular complexity index is 455. The summed E-state index contributed by atoms with van der Waals surface area (Å²) in [5, 5.41) is 11.7. The van der Waals surface area contributed by atoms with E-state index in [1.54, 1.807) is 36.0 Å². The Kier molecular flexibility index (Phi) is 4.25. The first-order valence-corrected chi connectivity index (χ1v) is 7.00. The van der Waals surface area contributed by atoms with Crippen molar-refractivity contribution < 1.29 is 14.7 Å². The van der Waals surface area contributed by atoms with Gasteiger partial charge < -0.3 is 10.4 Å². The number of para-hydroxylation sites is 1. The van der Waals surface area contributed by atoms with Gasteiger partial charge in [-0.05, 0) is 23.8 Å². The van der Waals surface area contributed by atoms with E-state index in [2.05, 4.69) is 5.32 Å². The van der Waals surface area contributed by atoms with E-state index in [1.165, 1.54) is 0 Å². The van der Waals surface area contributed by atoms with Gasteiger partial charge in [-0.3, -0.25) is 9.59 Å². The van der Waals surface area contributed by atoms with Gasteiger partial charge in [0.1, 0.15) is 0 Å². The van der Waals surface area contributed by atoms with Crippen LogP contribution in [0.5, 0.6) is 0 Å². The molecule has 1 aromatic carbocycles. The highest BCUT2D eigenvalue weighted by molar-refractivity contribution is 7.99. The number of hydrogen-bond acceptors (Lipinski definition) is 3. The van der Waals surface area contributed by atoms with Crippen molar-refractivity contribution >= 4 is 29.3 Å². The number of carboxylic acids is 1. The van der Waals surface area contributed by atoms with Crippen LogP contribution in [0.3, 0.4) is 0 Å². The van der Waals surface area contributed by atoms with Crippen LogP contribution >= 0.6 is 11.8 Å². The number of anilines is 1. The van der Waals surface area contributed by atoms with E-state index in [0.717, 1.165) is 17.9 Å². The summed E-state index contributed by atoms with van der Waals surface area (Å²) in [6.45, 7) is 0. The lowest BCUT2D eigenvalue weighted by atomic mass is 10.1. The minimum Gasteiger partial charge on any atom is -0.481 e. The van der Waals surface area contributed by atoms with Gasteiger partial charge in [0.15, 0.2) is 0 Å². The van der Waals surface area contributed by atoms with Crippen molar-refractivity contribution in [3.05, 3.63) is 29.8 Å². The number of nitrogens with one attached hydrogen (secondary N) is 1. The van der Waals surface area contributed by atoms with E-state index < -0.39 is 5.97 Å². The first kappa shape index (κ1) is 13.0. The van der Waals surface area contributed by atoms with Gasteiger partial charge in [0.2, 0.25) is 5.91 Å². The Morgan fingerprint density at radius 1 is 1.39 bits per heavy atom. The molecule has 0 radical (unpaired) electrons. The number of hydrogen-bond donors (Lipinski definition) is 2. The molecule has 0 bridgehead atoms. The van der Waals surface area contributed by atoms with Crippen molar-refractivity contribution in [2.45, 2.75) is 12.8 Å².